The lowest BCUT2D eigenvalue weighted by Crippen LogP contribution is -1.96. The molecule has 4 heteroatoms. The third-order valence-electron chi connectivity index (χ3n) is 2.65. The number of hydrogen-bond acceptors (Lipinski definition) is 4. The van der Waals surface area contributed by atoms with Crippen LogP contribution in [0.5, 0.6) is 5.75 Å². The molecule has 0 aliphatic rings. The molecule has 0 spiro atoms. The molecule has 0 N–H and O–H groups in total. The number of esters is 1. The molecule has 0 unspecified atom stereocenters. The van der Waals surface area contributed by atoms with Crippen molar-refractivity contribution in [2.75, 3.05) is 7.11 Å². The van der Waals surface area contributed by atoms with E-state index < -0.39 is 5.97 Å². The van der Waals surface area contributed by atoms with Gasteiger partial charge in [0.25, 0.3) is 0 Å². The standard InChI is InChI=1S/C15H12O4/c1-18-15(17)8-9-19-14-7-6-11-4-2-3-5-12(11)13(14)10-16/h2-10H,1H3/b9-8+. The minimum atomic E-state index is -0.520. The summed E-state index contributed by atoms with van der Waals surface area (Å²) < 4.78 is 9.74. The molecule has 0 aliphatic heterocycles. The summed E-state index contributed by atoms with van der Waals surface area (Å²) >= 11 is 0. The first-order valence-corrected chi connectivity index (χ1v) is 5.64. The highest BCUT2D eigenvalue weighted by molar-refractivity contribution is 6.00. The normalized spacial score (nSPS) is 10.6. The van der Waals surface area contributed by atoms with Crippen molar-refractivity contribution in [1.29, 1.82) is 0 Å². The maximum atomic E-state index is 11.2. The Kier molecular flexibility index (Phi) is 3.93. The minimum Gasteiger partial charge on any atom is -0.466 e. The lowest BCUT2D eigenvalue weighted by atomic mass is 10.0. The van der Waals surface area contributed by atoms with Crippen LogP contribution in [0.3, 0.4) is 0 Å². The minimum absolute atomic E-state index is 0.397. The Hall–Kier alpha value is -2.62. The molecule has 2 aromatic carbocycles. The largest absolute Gasteiger partial charge is 0.466 e. The third kappa shape index (κ3) is 2.80. The second-order valence-corrected chi connectivity index (χ2v) is 3.76. The molecule has 4 nitrogen and oxygen atoms in total. The molecule has 0 saturated heterocycles. The molecule has 19 heavy (non-hydrogen) atoms. The average molecular weight is 256 g/mol. The van der Waals surface area contributed by atoms with E-state index in [4.69, 9.17) is 4.74 Å². The van der Waals surface area contributed by atoms with Crippen LogP contribution < -0.4 is 4.74 Å². The first-order chi connectivity index (χ1) is 9.26. The van der Waals surface area contributed by atoms with Gasteiger partial charge in [0.1, 0.15) is 5.75 Å². The van der Waals surface area contributed by atoms with Gasteiger partial charge in [0.15, 0.2) is 6.29 Å². The quantitative estimate of drug-likeness (QED) is 0.365. The van der Waals surface area contributed by atoms with Gasteiger partial charge in [0.05, 0.1) is 25.0 Å². The summed E-state index contributed by atoms with van der Waals surface area (Å²) in [6, 6.07) is 11.0. The Labute approximate surface area is 110 Å². The van der Waals surface area contributed by atoms with Gasteiger partial charge < -0.3 is 9.47 Å². The fourth-order valence-corrected chi connectivity index (χ4v) is 1.73. The Balaban J connectivity index is 2.36. The van der Waals surface area contributed by atoms with Crippen molar-refractivity contribution in [2.45, 2.75) is 0 Å². The van der Waals surface area contributed by atoms with Crippen LogP contribution in [0.2, 0.25) is 0 Å². The third-order valence-corrected chi connectivity index (χ3v) is 2.65. The van der Waals surface area contributed by atoms with Gasteiger partial charge in [-0.1, -0.05) is 30.3 Å². The zero-order chi connectivity index (χ0) is 13.7. The molecule has 96 valence electrons. The maximum Gasteiger partial charge on any atom is 0.333 e. The molecule has 2 rings (SSSR count). The topological polar surface area (TPSA) is 52.6 Å². The van der Waals surface area contributed by atoms with Crippen LogP contribution in [0.25, 0.3) is 10.8 Å². The van der Waals surface area contributed by atoms with Crippen molar-refractivity contribution >= 4 is 23.0 Å². The highest BCUT2D eigenvalue weighted by atomic mass is 16.5. The molecule has 0 saturated carbocycles. The number of carbonyl (C=O) groups is 2. The van der Waals surface area contributed by atoms with E-state index >= 15 is 0 Å². The van der Waals surface area contributed by atoms with Crippen molar-refractivity contribution in [2.24, 2.45) is 0 Å². The monoisotopic (exact) mass is 256 g/mol. The molecule has 0 amide bonds. The second kappa shape index (κ2) is 5.82. The van der Waals surface area contributed by atoms with Crippen molar-refractivity contribution in [3.63, 3.8) is 0 Å². The van der Waals surface area contributed by atoms with E-state index in [1.807, 2.05) is 30.3 Å². The molecule has 0 bridgehead atoms. The number of fused-ring (bicyclic) bond motifs is 1. The molecule has 0 atom stereocenters. The van der Waals surface area contributed by atoms with E-state index in [0.717, 1.165) is 23.1 Å². The van der Waals surface area contributed by atoms with Gasteiger partial charge in [-0.25, -0.2) is 4.79 Å². The van der Waals surface area contributed by atoms with Gasteiger partial charge in [-0.05, 0) is 16.8 Å². The van der Waals surface area contributed by atoms with Gasteiger partial charge >= 0.3 is 5.97 Å². The number of rotatable bonds is 4. The highest BCUT2D eigenvalue weighted by Crippen LogP contribution is 2.26. The lowest BCUT2D eigenvalue weighted by Gasteiger charge is -2.07. The van der Waals surface area contributed by atoms with Gasteiger partial charge in [-0.2, -0.15) is 0 Å². The van der Waals surface area contributed by atoms with Crippen LogP contribution in [0.1, 0.15) is 10.4 Å². The van der Waals surface area contributed by atoms with E-state index in [1.54, 1.807) is 6.07 Å². The summed E-state index contributed by atoms with van der Waals surface area (Å²) in [5.41, 5.74) is 0.451. The first-order valence-electron chi connectivity index (χ1n) is 5.64. The van der Waals surface area contributed by atoms with E-state index in [1.165, 1.54) is 13.4 Å². The zero-order valence-electron chi connectivity index (χ0n) is 10.3. The zero-order valence-corrected chi connectivity index (χ0v) is 10.3. The Morgan fingerprint density at radius 1 is 1.16 bits per heavy atom. The summed E-state index contributed by atoms with van der Waals surface area (Å²) in [5, 5.41) is 1.76. The van der Waals surface area contributed by atoms with Gasteiger partial charge in [0.2, 0.25) is 0 Å². The molecular formula is C15H12O4. The number of benzene rings is 2. The molecule has 0 radical (unpaired) electrons. The van der Waals surface area contributed by atoms with Crippen LogP contribution in [-0.2, 0) is 9.53 Å². The lowest BCUT2D eigenvalue weighted by molar-refractivity contribution is -0.134. The number of methoxy groups -OCH3 is 1. The summed E-state index contributed by atoms with van der Waals surface area (Å²) in [6.45, 7) is 0. The smallest absolute Gasteiger partial charge is 0.333 e. The first kappa shape index (κ1) is 12.8. The van der Waals surface area contributed by atoms with Gasteiger partial charge in [0, 0.05) is 0 Å². The fourth-order valence-electron chi connectivity index (χ4n) is 1.73. The van der Waals surface area contributed by atoms with Crippen LogP contribution >= 0.6 is 0 Å². The van der Waals surface area contributed by atoms with Crippen LogP contribution in [0, 0.1) is 0 Å². The van der Waals surface area contributed by atoms with E-state index in [-0.39, 0.29) is 0 Å². The molecule has 0 aromatic heterocycles. The van der Waals surface area contributed by atoms with Crippen molar-refractivity contribution in [1.82, 2.24) is 0 Å². The number of aldehydes is 1. The van der Waals surface area contributed by atoms with Crippen LogP contribution in [-0.4, -0.2) is 19.4 Å². The molecule has 2 aromatic rings. The van der Waals surface area contributed by atoms with E-state index in [2.05, 4.69) is 4.74 Å². The number of carbonyl (C=O) groups excluding carboxylic acids is 2. The van der Waals surface area contributed by atoms with E-state index in [9.17, 15) is 9.59 Å². The fraction of sp³-hybridized carbons (Fsp3) is 0.0667. The highest BCUT2D eigenvalue weighted by Gasteiger charge is 2.07. The molecule has 0 aliphatic carbocycles. The predicted molar refractivity (Wildman–Crippen MR) is 71.1 cm³/mol. The summed E-state index contributed by atoms with van der Waals surface area (Å²) in [4.78, 5) is 22.1. The maximum absolute atomic E-state index is 11.2. The Bertz CT molecular complexity index is 644. The van der Waals surface area contributed by atoms with Crippen molar-refractivity contribution in [3.8, 4) is 5.75 Å². The number of ether oxygens (including phenoxy) is 2. The average Bonchev–Trinajstić information content (AvgIpc) is 2.46. The summed E-state index contributed by atoms with van der Waals surface area (Å²) in [5.74, 6) is -0.123. The van der Waals surface area contributed by atoms with Crippen LogP contribution in [0.4, 0.5) is 0 Å². The molecule has 0 fully saturated rings. The van der Waals surface area contributed by atoms with E-state index in [0.29, 0.717) is 11.3 Å². The van der Waals surface area contributed by atoms with Gasteiger partial charge in [-0.15, -0.1) is 0 Å². The van der Waals surface area contributed by atoms with Gasteiger partial charge in [-0.3, -0.25) is 4.79 Å². The Morgan fingerprint density at radius 2 is 1.95 bits per heavy atom. The summed E-state index contributed by atoms with van der Waals surface area (Å²) in [7, 11) is 1.28. The second-order valence-electron chi connectivity index (χ2n) is 3.76. The molecule has 0 heterocycles. The van der Waals surface area contributed by atoms with Crippen molar-refractivity contribution < 1.29 is 19.1 Å². The number of hydrogen-bond donors (Lipinski definition) is 0. The van der Waals surface area contributed by atoms with Crippen LogP contribution in [0.15, 0.2) is 48.7 Å². The Morgan fingerprint density at radius 3 is 2.68 bits per heavy atom. The predicted octanol–water partition coefficient (Wildman–Crippen LogP) is 2.72. The summed E-state index contributed by atoms with van der Waals surface area (Å²) in [6.07, 6.45) is 3.08. The van der Waals surface area contributed by atoms with Crippen molar-refractivity contribution in [3.05, 3.63) is 54.3 Å². The molecular weight excluding hydrogens is 244 g/mol. The SMILES string of the molecule is COC(=O)/C=C/Oc1ccc2ccccc2c1C=O.